The van der Waals surface area contributed by atoms with Gasteiger partial charge in [-0.1, -0.05) is 25.3 Å². The van der Waals surface area contributed by atoms with Crippen molar-refractivity contribution in [3.05, 3.63) is 28.5 Å². The number of hydrogen-bond donors (Lipinski definition) is 1. The largest absolute Gasteiger partial charge is 0.314 e. The van der Waals surface area contributed by atoms with Crippen LogP contribution in [0.2, 0.25) is 0 Å². The van der Waals surface area contributed by atoms with Gasteiger partial charge in [-0.25, -0.2) is 4.98 Å². The average molecular weight is 338 g/mol. The normalized spacial score (nSPS) is 23.6. The average Bonchev–Trinajstić information content (AvgIpc) is 2.50. The Bertz CT molecular complexity index is 407. The Morgan fingerprint density at radius 2 is 1.90 bits per heavy atom. The second-order valence-corrected chi connectivity index (χ2v) is 6.83. The SMILES string of the molecule is Brc1cccc([C@@H](C2CCCCC2)N2CCNCC2)n1. The number of pyridine rings is 1. The molecule has 3 nitrogen and oxygen atoms in total. The van der Waals surface area contributed by atoms with Gasteiger partial charge in [0.1, 0.15) is 4.60 Å². The van der Waals surface area contributed by atoms with E-state index < -0.39 is 0 Å². The second-order valence-electron chi connectivity index (χ2n) is 6.01. The fourth-order valence-corrected chi connectivity index (χ4v) is 4.08. The van der Waals surface area contributed by atoms with Crippen LogP contribution < -0.4 is 5.32 Å². The maximum absolute atomic E-state index is 4.78. The molecule has 110 valence electrons. The number of halogens is 1. The van der Waals surface area contributed by atoms with Gasteiger partial charge in [0.15, 0.2) is 0 Å². The summed E-state index contributed by atoms with van der Waals surface area (Å²) in [5.41, 5.74) is 1.26. The number of nitrogens with one attached hydrogen (secondary N) is 1. The Morgan fingerprint density at radius 1 is 1.15 bits per heavy atom. The molecule has 3 rings (SSSR count). The van der Waals surface area contributed by atoms with Crippen LogP contribution in [0.3, 0.4) is 0 Å². The molecule has 2 aliphatic rings. The van der Waals surface area contributed by atoms with E-state index in [1.165, 1.54) is 37.8 Å². The third kappa shape index (κ3) is 3.41. The first kappa shape index (κ1) is 14.5. The first-order valence-corrected chi connectivity index (χ1v) is 8.71. The molecule has 1 N–H and O–H groups in total. The van der Waals surface area contributed by atoms with Gasteiger partial charge in [0, 0.05) is 26.2 Å². The summed E-state index contributed by atoms with van der Waals surface area (Å²) in [6.45, 7) is 4.51. The van der Waals surface area contributed by atoms with Crippen LogP contribution in [0.1, 0.15) is 43.8 Å². The molecular formula is C16H24BrN3. The van der Waals surface area contributed by atoms with E-state index in [1.807, 2.05) is 6.07 Å². The van der Waals surface area contributed by atoms with Crippen molar-refractivity contribution in [2.24, 2.45) is 5.92 Å². The first-order valence-electron chi connectivity index (χ1n) is 7.92. The topological polar surface area (TPSA) is 28.2 Å². The van der Waals surface area contributed by atoms with Crippen molar-refractivity contribution in [1.82, 2.24) is 15.2 Å². The lowest BCUT2D eigenvalue weighted by molar-refractivity contribution is 0.100. The Hall–Kier alpha value is -0.450. The van der Waals surface area contributed by atoms with Crippen LogP contribution in [0.15, 0.2) is 22.8 Å². The molecule has 0 amide bonds. The number of aromatic nitrogens is 1. The summed E-state index contributed by atoms with van der Waals surface area (Å²) in [5.74, 6) is 0.781. The molecule has 20 heavy (non-hydrogen) atoms. The van der Waals surface area contributed by atoms with E-state index in [-0.39, 0.29) is 0 Å². The van der Waals surface area contributed by atoms with E-state index in [4.69, 9.17) is 4.98 Å². The molecule has 4 heteroatoms. The van der Waals surface area contributed by atoms with Gasteiger partial charge in [0.2, 0.25) is 0 Å². The molecule has 1 aliphatic carbocycles. The Balaban J connectivity index is 1.85. The highest BCUT2D eigenvalue weighted by Gasteiger charge is 2.31. The lowest BCUT2D eigenvalue weighted by atomic mass is 9.81. The van der Waals surface area contributed by atoms with Crippen LogP contribution in [-0.2, 0) is 0 Å². The monoisotopic (exact) mass is 337 g/mol. The molecule has 0 spiro atoms. The van der Waals surface area contributed by atoms with Crippen molar-refractivity contribution < 1.29 is 0 Å². The molecule has 1 aliphatic heterocycles. The minimum atomic E-state index is 0.509. The zero-order valence-electron chi connectivity index (χ0n) is 12.0. The smallest absolute Gasteiger partial charge is 0.106 e. The van der Waals surface area contributed by atoms with Gasteiger partial charge in [0.05, 0.1) is 11.7 Å². The van der Waals surface area contributed by atoms with Crippen LogP contribution in [-0.4, -0.2) is 36.1 Å². The van der Waals surface area contributed by atoms with Gasteiger partial charge in [-0.15, -0.1) is 0 Å². The standard InChI is InChI=1S/C16H24BrN3/c17-15-8-4-7-14(19-15)16(13-5-2-1-3-6-13)20-11-9-18-10-12-20/h4,7-8,13,16,18H,1-3,5-6,9-12H2/t16-/m1/s1. The van der Waals surface area contributed by atoms with Crippen LogP contribution >= 0.6 is 15.9 Å². The summed E-state index contributed by atoms with van der Waals surface area (Å²) >= 11 is 3.54. The highest BCUT2D eigenvalue weighted by Crippen LogP contribution is 2.38. The molecule has 0 unspecified atom stereocenters. The molecule has 1 aromatic rings. The fourth-order valence-electron chi connectivity index (χ4n) is 3.73. The zero-order chi connectivity index (χ0) is 13.8. The van der Waals surface area contributed by atoms with Crippen molar-refractivity contribution in [3.63, 3.8) is 0 Å². The summed E-state index contributed by atoms with van der Waals surface area (Å²) in [6, 6.07) is 6.88. The molecule has 0 bridgehead atoms. The van der Waals surface area contributed by atoms with E-state index in [2.05, 4.69) is 38.3 Å². The number of rotatable bonds is 3. The number of piperazine rings is 1. The summed E-state index contributed by atoms with van der Waals surface area (Å²) in [7, 11) is 0. The second kappa shape index (κ2) is 7.01. The van der Waals surface area contributed by atoms with Crippen molar-refractivity contribution in [3.8, 4) is 0 Å². The van der Waals surface area contributed by atoms with Gasteiger partial charge < -0.3 is 5.32 Å². The lowest BCUT2D eigenvalue weighted by Crippen LogP contribution is -2.47. The van der Waals surface area contributed by atoms with Crippen molar-refractivity contribution in [2.75, 3.05) is 26.2 Å². The molecule has 1 atom stereocenters. The molecule has 0 radical (unpaired) electrons. The Labute approximate surface area is 130 Å². The minimum absolute atomic E-state index is 0.509. The van der Waals surface area contributed by atoms with Gasteiger partial charge in [-0.2, -0.15) is 0 Å². The van der Waals surface area contributed by atoms with E-state index in [1.54, 1.807) is 0 Å². The van der Waals surface area contributed by atoms with Crippen LogP contribution in [0.5, 0.6) is 0 Å². The zero-order valence-corrected chi connectivity index (χ0v) is 13.6. The molecule has 2 heterocycles. The summed E-state index contributed by atoms with van der Waals surface area (Å²) in [4.78, 5) is 7.43. The van der Waals surface area contributed by atoms with E-state index >= 15 is 0 Å². The molecule has 1 saturated heterocycles. The number of nitrogens with zero attached hydrogens (tertiary/aromatic N) is 2. The molecule has 1 saturated carbocycles. The maximum Gasteiger partial charge on any atom is 0.106 e. The van der Waals surface area contributed by atoms with Crippen molar-refractivity contribution in [1.29, 1.82) is 0 Å². The van der Waals surface area contributed by atoms with Crippen LogP contribution in [0, 0.1) is 5.92 Å². The van der Waals surface area contributed by atoms with E-state index in [0.717, 1.165) is 36.7 Å². The quantitative estimate of drug-likeness (QED) is 0.857. The third-order valence-electron chi connectivity index (χ3n) is 4.68. The van der Waals surface area contributed by atoms with Gasteiger partial charge >= 0.3 is 0 Å². The highest BCUT2D eigenvalue weighted by atomic mass is 79.9. The summed E-state index contributed by atoms with van der Waals surface area (Å²) < 4.78 is 0.964. The summed E-state index contributed by atoms with van der Waals surface area (Å²) in [5, 5.41) is 3.46. The number of hydrogen-bond acceptors (Lipinski definition) is 3. The highest BCUT2D eigenvalue weighted by molar-refractivity contribution is 9.10. The fraction of sp³-hybridized carbons (Fsp3) is 0.688. The van der Waals surface area contributed by atoms with Crippen LogP contribution in [0.4, 0.5) is 0 Å². The molecule has 1 aromatic heterocycles. The van der Waals surface area contributed by atoms with E-state index in [9.17, 15) is 0 Å². The molecular weight excluding hydrogens is 314 g/mol. The van der Waals surface area contributed by atoms with E-state index in [0.29, 0.717) is 6.04 Å². The predicted octanol–water partition coefficient (Wildman–Crippen LogP) is 3.37. The van der Waals surface area contributed by atoms with Crippen LogP contribution in [0.25, 0.3) is 0 Å². The first-order chi connectivity index (χ1) is 9.84. The Kier molecular flexibility index (Phi) is 5.08. The van der Waals surface area contributed by atoms with Gasteiger partial charge in [-0.3, -0.25) is 4.90 Å². The third-order valence-corrected chi connectivity index (χ3v) is 5.12. The Morgan fingerprint density at radius 3 is 2.60 bits per heavy atom. The predicted molar refractivity (Wildman–Crippen MR) is 85.7 cm³/mol. The maximum atomic E-state index is 4.78. The van der Waals surface area contributed by atoms with Crippen molar-refractivity contribution in [2.45, 2.75) is 38.1 Å². The van der Waals surface area contributed by atoms with Gasteiger partial charge in [0.25, 0.3) is 0 Å². The van der Waals surface area contributed by atoms with Gasteiger partial charge in [-0.05, 0) is 46.8 Å². The summed E-state index contributed by atoms with van der Waals surface area (Å²) in [6.07, 6.45) is 6.92. The molecule has 0 aromatic carbocycles. The van der Waals surface area contributed by atoms with Crippen molar-refractivity contribution >= 4 is 15.9 Å². The lowest BCUT2D eigenvalue weighted by Gasteiger charge is -2.40. The molecule has 2 fully saturated rings. The minimum Gasteiger partial charge on any atom is -0.314 e.